The molecule has 1 saturated heterocycles. The van der Waals surface area contributed by atoms with E-state index in [9.17, 15) is 9.59 Å². The number of halogens is 1. The third-order valence-electron chi connectivity index (χ3n) is 5.63. The first-order valence-electron chi connectivity index (χ1n) is 10.1. The Balaban J connectivity index is 1.27. The van der Waals surface area contributed by atoms with Crippen LogP contribution in [0.15, 0.2) is 54.7 Å². The molecule has 4 rings (SSSR count). The fourth-order valence-electron chi connectivity index (χ4n) is 3.88. The Hall–Kier alpha value is -2.83. The van der Waals surface area contributed by atoms with Gasteiger partial charge in [0.1, 0.15) is 6.04 Å². The van der Waals surface area contributed by atoms with E-state index in [2.05, 4.69) is 33.1 Å². The second kappa shape index (κ2) is 8.90. The molecule has 4 N–H and O–H groups in total. The Labute approximate surface area is 180 Å². The second-order valence-corrected chi connectivity index (χ2v) is 8.18. The normalized spacial score (nSPS) is 19.5. The highest BCUT2D eigenvalue weighted by Gasteiger charge is 2.31. The fourth-order valence-corrected chi connectivity index (χ4v) is 4.09. The summed E-state index contributed by atoms with van der Waals surface area (Å²) in [5.41, 5.74) is 3.12. The molecule has 30 heavy (non-hydrogen) atoms. The summed E-state index contributed by atoms with van der Waals surface area (Å²) in [5.74, 6) is -0.0564. The number of rotatable bonds is 6. The molecule has 2 heterocycles. The van der Waals surface area contributed by atoms with E-state index in [-0.39, 0.29) is 17.9 Å². The lowest BCUT2D eigenvalue weighted by atomic mass is 9.96. The van der Waals surface area contributed by atoms with Crippen molar-refractivity contribution in [1.29, 1.82) is 0 Å². The average Bonchev–Trinajstić information content (AvgIpc) is 3.40. The van der Waals surface area contributed by atoms with Crippen LogP contribution in [0.1, 0.15) is 30.4 Å². The van der Waals surface area contributed by atoms with Crippen molar-refractivity contribution >= 4 is 34.3 Å². The van der Waals surface area contributed by atoms with Crippen LogP contribution >= 0.6 is 11.6 Å². The molecule has 2 amide bonds. The number of H-pyrrole nitrogens is 1. The average molecular weight is 425 g/mol. The maximum absolute atomic E-state index is 12.6. The van der Waals surface area contributed by atoms with Crippen molar-refractivity contribution in [3.8, 4) is 0 Å². The summed E-state index contributed by atoms with van der Waals surface area (Å²) >= 11 is 6.15. The molecule has 0 bridgehead atoms. The highest BCUT2D eigenvalue weighted by molar-refractivity contribution is 6.35. The van der Waals surface area contributed by atoms with E-state index in [1.807, 2.05) is 36.4 Å². The van der Waals surface area contributed by atoms with Crippen LogP contribution in [0, 0.1) is 0 Å². The molecule has 2 aromatic carbocycles. The van der Waals surface area contributed by atoms with Gasteiger partial charge in [-0.05, 0) is 42.5 Å². The maximum atomic E-state index is 12.6. The Bertz CT molecular complexity index is 1050. The van der Waals surface area contributed by atoms with E-state index in [1.54, 1.807) is 13.1 Å². The van der Waals surface area contributed by atoms with E-state index >= 15 is 0 Å². The Morgan fingerprint density at radius 2 is 2.00 bits per heavy atom. The SMILES string of the molecule is CC(NC(=O)C1CC(c2ccccc2)CN1)C(=O)NCc1ccc2[nH]cc(Cl)c2c1. The monoisotopic (exact) mass is 424 g/mol. The molecule has 3 atom stereocenters. The van der Waals surface area contributed by atoms with Gasteiger partial charge in [0, 0.05) is 30.2 Å². The molecule has 3 aromatic rings. The maximum Gasteiger partial charge on any atom is 0.242 e. The first-order chi connectivity index (χ1) is 14.5. The number of amides is 2. The molecule has 6 nitrogen and oxygen atoms in total. The van der Waals surface area contributed by atoms with Crippen LogP contribution in [0.2, 0.25) is 5.02 Å². The molecule has 1 fully saturated rings. The Kier molecular flexibility index (Phi) is 6.06. The number of fused-ring (bicyclic) bond motifs is 1. The lowest BCUT2D eigenvalue weighted by molar-refractivity contribution is -0.129. The Morgan fingerprint density at radius 3 is 2.80 bits per heavy atom. The molecule has 0 aliphatic carbocycles. The van der Waals surface area contributed by atoms with Gasteiger partial charge in [0.25, 0.3) is 0 Å². The lowest BCUT2D eigenvalue weighted by Crippen LogP contribution is -2.49. The molecule has 0 radical (unpaired) electrons. The standard InChI is InChI=1S/C23H25ClN4O2/c1-14(22(29)27-11-15-7-8-20-18(9-15)19(24)13-26-20)28-23(30)21-10-17(12-25-21)16-5-3-2-4-6-16/h2-9,13-14,17,21,25-26H,10-12H2,1H3,(H,27,29)(H,28,30). The smallest absolute Gasteiger partial charge is 0.242 e. The minimum atomic E-state index is -0.616. The molecule has 3 unspecified atom stereocenters. The summed E-state index contributed by atoms with van der Waals surface area (Å²) in [6.45, 7) is 2.82. The minimum Gasteiger partial charge on any atom is -0.360 e. The number of nitrogens with one attached hydrogen (secondary N) is 4. The number of hydrogen-bond acceptors (Lipinski definition) is 3. The van der Waals surface area contributed by atoms with E-state index in [1.165, 1.54) is 5.56 Å². The van der Waals surface area contributed by atoms with Gasteiger partial charge in [-0.15, -0.1) is 0 Å². The van der Waals surface area contributed by atoms with Gasteiger partial charge in [0.2, 0.25) is 11.8 Å². The number of aromatic nitrogens is 1. The zero-order valence-electron chi connectivity index (χ0n) is 16.7. The molecule has 1 aromatic heterocycles. The van der Waals surface area contributed by atoms with Crippen molar-refractivity contribution in [3.63, 3.8) is 0 Å². The molecule has 1 aliphatic rings. The number of aromatic amines is 1. The fraction of sp³-hybridized carbons (Fsp3) is 0.304. The third-order valence-corrected chi connectivity index (χ3v) is 5.95. The van der Waals surface area contributed by atoms with E-state index in [0.29, 0.717) is 17.5 Å². The topological polar surface area (TPSA) is 86.0 Å². The van der Waals surface area contributed by atoms with Crippen molar-refractivity contribution in [2.24, 2.45) is 0 Å². The highest BCUT2D eigenvalue weighted by atomic mass is 35.5. The van der Waals surface area contributed by atoms with Crippen molar-refractivity contribution < 1.29 is 9.59 Å². The van der Waals surface area contributed by atoms with Crippen molar-refractivity contribution in [3.05, 3.63) is 70.9 Å². The first-order valence-corrected chi connectivity index (χ1v) is 10.5. The van der Waals surface area contributed by atoms with Gasteiger partial charge in [0.05, 0.1) is 11.1 Å². The number of benzene rings is 2. The molecule has 0 spiro atoms. The summed E-state index contributed by atoms with van der Waals surface area (Å²) in [5, 5.41) is 10.5. The van der Waals surface area contributed by atoms with Gasteiger partial charge in [0.15, 0.2) is 0 Å². The predicted octanol–water partition coefficient (Wildman–Crippen LogP) is 3.09. The first kappa shape index (κ1) is 20.4. The third kappa shape index (κ3) is 4.50. The molecule has 0 saturated carbocycles. The van der Waals surface area contributed by atoms with Crippen LogP contribution in [0.25, 0.3) is 10.9 Å². The van der Waals surface area contributed by atoms with Gasteiger partial charge in [-0.2, -0.15) is 0 Å². The van der Waals surface area contributed by atoms with Gasteiger partial charge in [-0.1, -0.05) is 48.0 Å². The van der Waals surface area contributed by atoms with Crippen molar-refractivity contribution in [2.45, 2.75) is 37.9 Å². The van der Waals surface area contributed by atoms with E-state index in [4.69, 9.17) is 11.6 Å². The summed E-state index contributed by atoms with van der Waals surface area (Å²) in [6, 6.07) is 15.1. The molecule has 1 aliphatic heterocycles. The minimum absolute atomic E-state index is 0.142. The number of hydrogen-bond donors (Lipinski definition) is 4. The number of carbonyl (C=O) groups is 2. The molecule has 156 valence electrons. The van der Waals surface area contributed by atoms with Crippen LogP contribution in [0.3, 0.4) is 0 Å². The summed E-state index contributed by atoms with van der Waals surface area (Å²) in [6.07, 6.45) is 2.47. The molecule has 7 heteroatoms. The van der Waals surface area contributed by atoms with Crippen molar-refractivity contribution in [2.75, 3.05) is 6.54 Å². The summed E-state index contributed by atoms with van der Waals surface area (Å²) < 4.78 is 0. The van der Waals surface area contributed by atoms with Crippen LogP contribution in [-0.4, -0.2) is 35.4 Å². The van der Waals surface area contributed by atoms with E-state index < -0.39 is 6.04 Å². The van der Waals surface area contributed by atoms with Gasteiger partial charge >= 0.3 is 0 Å². The Morgan fingerprint density at radius 1 is 1.20 bits per heavy atom. The molecular formula is C23H25ClN4O2. The lowest BCUT2D eigenvalue weighted by Gasteiger charge is -2.17. The molecular weight excluding hydrogens is 400 g/mol. The van der Waals surface area contributed by atoms with Gasteiger partial charge in [-0.3, -0.25) is 9.59 Å². The van der Waals surface area contributed by atoms with Crippen LogP contribution in [0.4, 0.5) is 0 Å². The van der Waals surface area contributed by atoms with E-state index in [0.717, 1.165) is 29.4 Å². The second-order valence-electron chi connectivity index (χ2n) is 7.77. The zero-order chi connectivity index (χ0) is 21.1. The summed E-state index contributed by atoms with van der Waals surface area (Å²) in [4.78, 5) is 28.1. The zero-order valence-corrected chi connectivity index (χ0v) is 17.5. The largest absolute Gasteiger partial charge is 0.360 e. The van der Waals surface area contributed by atoms with Gasteiger partial charge in [-0.25, -0.2) is 0 Å². The predicted molar refractivity (Wildman–Crippen MR) is 118 cm³/mol. The van der Waals surface area contributed by atoms with Crippen LogP contribution < -0.4 is 16.0 Å². The van der Waals surface area contributed by atoms with Gasteiger partial charge < -0.3 is 20.9 Å². The van der Waals surface area contributed by atoms with Crippen molar-refractivity contribution in [1.82, 2.24) is 20.9 Å². The highest BCUT2D eigenvalue weighted by Crippen LogP contribution is 2.26. The quantitative estimate of drug-likeness (QED) is 0.490. The van der Waals surface area contributed by atoms with Crippen LogP contribution in [-0.2, 0) is 16.1 Å². The number of carbonyl (C=O) groups excluding carboxylic acids is 2. The summed E-state index contributed by atoms with van der Waals surface area (Å²) in [7, 11) is 0. The van der Waals surface area contributed by atoms with Crippen LogP contribution in [0.5, 0.6) is 0 Å².